The van der Waals surface area contributed by atoms with Crippen LogP contribution in [0.3, 0.4) is 0 Å². The second-order valence-electron chi connectivity index (χ2n) is 1.42. The normalized spacial score (nSPS) is 5.85. The summed E-state index contributed by atoms with van der Waals surface area (Å²) in [5, 5.41) is 0. The van der Waals surface area contributed by atoms with Gasteiger partial charge in [0, 0.05) is 0 Å². The van der Waals surface area contributed by atoms with Crippen LogP contribution in [0.4, 0.5) is 0 Å². The molecule has 9 heteroatoms. The van der Waals surface area contributed by atoms with E-state index in [1.54, 1.807) is 0 Å². The average molecular weight is 611 g/mol. The van der Waals surface area contributed by atoms with E-state index in [2.05, 4.69) is 83.1 Å². The summed E-state index contributed by atoms with van der Waals surface area (Å²) < 4.78 is 16.7. The molecule has 0 amide bonds. The summed E-state index contributed by atoms with van der Waals surface area (Å²) in [4.78, 5) is -0.278. The molecule has 1 radical (unpaired) electrons. The Hall–Kier alpha value is 3.79. The van der Waals surface area contributed by atoms with Gasteiger partial charge in [-0.1, -0.05) is 11.6 Å². The summed E-state index contributed by atoms with van der Waals surface area (Å²) in [5.74, 6) is 8.83. The van der Waals surface area contributed by atoms with Crippen LogP contribution in [0.5, 0.6) is 0 Å². The Morgan fingerprint density at radius 2 is 1.15 bits per heavy atom. The Kier molecular flexibility index (Phi) is 70.9. The van der Waals surface area contributed by atoms with E-state index in [1.807, 2.05) is 0 Å². The molecule has 0 spiro atoms. The van der Waals surface area contributed by atoms with Crippen molar-refractivity contribution in [3.63, 3.8) is 0 Å². The molecule has 13 heavy (non-hydrogen) atoms. The van der Waals surface area contributed by atoms with Gasteiger partial charge in [-0.3, -0.25) is 0 Å². The molecule has 0 fully saturated rings. The number of thiol groups is 1. The number of rotatable bonds is 0. The Morgan fingerprint density at radius 3 is 1.15 bits per heavy atom. The summed E-state index contributed by atoms with van der Waals surface area (Å²) >= 11 is 7.80. The standard InChI is InChI=1S/4CH3.2Al.3HI.HO2S.V/c;;;;;;;;;1-3-2;/h4*1H3;;;3*1H;3H;/q;;;;;+1;;;;-1;+3/p-3. The molecule has 0 saturated heterocycles. The molecule has 0 aliphatic heterocycles. The van der Waals surface area contributed by atoms with Gasteiger partial charge in [0.05, 0.1) is 0 Å². The van der Waals surface area contributed by atoms with E-state index in [1.165, 1.54) is 0 Å². The SMILES string of the molecule is O=[SH-]=O.[CH3][Al+][CH3].[CH3][Al][CH3].[I][V]([I])[I]. The van der Waals surface area contributed by atoms with E-state index in [0.29, 0.717) is 0 Å². The Bertz CT molecular complexity index is 90.7. The van der Waals surface area contributed by atoms with Crippen molar-refractivity contribution in [2.45, 2.75) is 23.1 Å². The van der Waals surface area contributed by atoms with Crippen molar-refractivity contribution in [1.29, 1.82) is 0 Å². The quantitative estimate of drug-likeness (QED) is 0.182. The Labute approximate surface area is 135 Å². The molecule has 0 atom stereocenters. The van der Waals surface area contributed by atoms with Gasteiger partial charge in [-0.2, -0.15) is 0 Å². The third-order valence-electron chi connectivity index (χ3n) is 0. The van der Waals surface area contributed by atoms with E-state index in [4.69, 9.17) is 8.42 Å². The van der Waals surface area contributed by atoms with Crippen LogP contribution in [0.15, 0.2) is 0 Å². The molecule has 79 valence electrons. The molecule has 0 aromatic carbocycles. The van der Waals surface area contributed by atoms with Crippen molar-refractivity contribution in [2.75, 3.05) is 0 Å². The van der Waals surface area contributed by atoms with Gasteiger partial charge in [-0.05, 0) is 0 Å². The van der Waals surface area contributed by atoms with Crippen molar-refractivity contribution >= 4 is 102 Å². The minimum absolute atomic E-state index is 0.278. The fourth-order valence-corrected chi connectivity index (χ4v) is 0. The zero-order valence-corrected chi connectivity index (χ0v) is 19.1. The fraction of sp³-hybridized carbons (Fsp3) is 1.00. The first-order valence-electron chi connectivity index (χ1n) is 3.18. The van der Waals surface area contributed by atoms with E-state index in [9.17, 15) is 0 Å². The molecular weight excluding hydrogens is 598 g/mol. The van der Waals surface area contributed by atoms with Crippen LogP contribution in [-0.2, 0) is 24.9 Å². The van der Waals surface area contributed by atoms with Crippen LogP contribution in [0, 0.1) is 0 Å². The summed E-state index contributed by atoms with van der Waals surface area (Å²) in [6.45, 7) is 0. The molecule has 0 aromatic rings. The van der Waals surface area contributed by atoms with Gasteiger partial charge in [0.2, 0.25) is 0 Å². The predicted molar refractivity (Wildman–Crippen MR) is 87.2 cm³/mol. The summed E-state index contributed by atoms with van der Waals surface area (Å²) in [6.07, 6.45) is 0. The second-order valence-corrected chi connectivity index (χ2v) is 39.2. The third-order valence-corrected chi connectivity index (χ3v) is 0. The molecule has 0 heterocycles. The molecule has 0 aliphatic carbocycles. The van der Waals surface area contributed by atoms with Gasteiger partial charge in [-0.25, -0.2) is 0 Å². The molecule has 0 saturated carbocycles. The van der Waals surface area contributed by atoms with E-state index < -0.39 is 11.6 Å². The van der Waals surface area contributed by atoms with Gasteiger partial charge < -0.3 is 8.42 Å². The van der Waals surface area contributed by atoms with E-state index in [0.717, 1.165) is 30.4 Å². The van der Waals surface area contributed by atoms with Crippen molar-refractivity contribution < 1.29 is 13.3 Å². The van der Waals surface area contributed by atoms with Crippen LogP contribution in [-0.4, -0.2) is 30.4 Å². The Balaban J connectivity index is -0.0000000420. The van der Waals surface area contributed by atoms with Gasteiger partial charge in [0.1, 0.15) is 0 Å². The monoisotopic (exact) mass is 611 g/mol. The molecule has 0 aliphatic rings. The third kappa shape index (κ3) is 209. The summed E-state index contributed by atoms with van der Waals surface area (Å²) in [6, 6.07) is 0. The van der Waals surface area contributed by atoms with E-state index in [-0.39, 0.29) is 4.92 Å². The molecule has 0 unspecified atom stereocenters. The van der Waals surface area contributed by atoms with Crippen molar-refractivity contribution in [3.8, 4) is 0 Å². The van der Waals surface area contributed by atoms with Gasteiger partial charge in [0.25, 0.3) is 0 Å². The van der Waals surface area contributed by atoms with Crippen molar-refractivity contribution in [2.24, 2.45) is 0 Å². The molecule has 0 aromatic heterocycles. The second kappa shape index (κ2) is 36.0. The molecular formula is C4H13Al2I3O2SV. The van der Waals surface area contributed by atoms with Crippen molar-refractivity contribution in [1.82, 2.24) is 0 Å². The molecule has 0 N–H and O–H groups in total. The number of halogens is 3. The van der Waals surface area contributed by atoms with Crippen LogP contribution in [0.25, 0.3) is 0 Å². The van der Waals surface area contributed by atoms with Gasteiger partial charge >= 0.3 is 91.6 Å². The zero-order chi connectivity index (χ0) is 11.7. The fourth-order valence-electron chi connectivity index (χ4n) is 0. The first-order valence-corrected chi connectivity index (χ1v) is 22.0. The van der Waals surface area contributed by atoms with Crippen LogP contribution >= 0.6 is 59.9 Å². The maximum atomic E-state index is 8.35. The van der Waals surface area contributed by atoms with Gasteiger partial charge in [-0.15, -0.1) is 11.6 Å². The summed E-state index contributed by atoms with van der Waals surface area (Å²) in [5.41, 5.74) is 0. The zero-order valence-electron chi connectivity index (χ0n) is 8.00. The topological polar surface area (TPSA) is 34.1 Å². The van der Waals surface area contributed by atoms with Gasteiger partial charge in [0.15, 0.2) is 15.2 Å². The first-order chi connectivity index (χ1) is 5.97. The average Bonchev–Trinajstić information content (AvgIpc) is 1.88. The molecule has 2 nitrogen and oxygen atoms in total. The predicted octanol–water partition coefficient (Wildman–Crippen LogP) is 3.72. The van der Waals surface area contributed by atoms with Crippen LogP contribution in [0.2, 0.25) is 23.1 Å². The van der Waals surface area contributed by atoms with Crippen LogP contribution < -0.4 is 0 Å². The Morgan fingerprint density at radius 1 is 1.15 bits per heavy atom. The van der Waals surface area contributed by atoms with E-state index >= 15 is 0 Å². The van der Waals surface area contributed by atoms with Crippen LogP contribution in [0.1, 0.15) is 0 Å². The maximum absolute atomic E-state index is 8.35. The molecule has 0 rings (SSSR count). The number of hydrogen-bond donors (Lipinski definition) is 0. The summed E-state index contributed by atoms with van der Waals surface area (Å²) in [7, 11) is 0. The molecule has 0 bridgehead atoms. The van der Waals surface area contributed by atoms with Crippen molar-refractivity contribution in [3.05, 3.63) is 0 Å². The minimum atomic E-state index is -1.08. The number of hydrogen-bond acceptors (Lipinski definition) is 3. The first kappa shape index (κ1) is 25.6.